The summed E-state index contributed by atoms with van der Waals surface area (Å²) in [7, 11) is 0. The summed E-state index contributed by atoms with van der Waals surface area (Å²) >= 11 is 3.61. The molecule has 1 aliphatic rings. The highest BCUT2D eigenvalue weighted by molar-refractivity contribution is 9.09. The van der Waals surface area contributed by atoms with Gasteiger partial charge in [0.15, 0.2) is 11.5 Å². The minimum Gasteiger partial charge on any atom is -0.454 e. The summed E-state index contributed by atoms with van der Waals surface area (Å²) in [6.45, 7) is 5.35. The second-order valence-corrected chi connectivity index (χ2v) is 5.88. The number of alkyl halides is 1. The van der Waals surface area contributed by atoms with E-state index in [1.807, 2.05) is 18.2 Å². The van der Waals surface area contributed by atoms with E-state index < -0.39 is 0 Å². The van der Waals surface area contributed by atoms with Gasteiger partial charge in [-0.05, 0) is 31.0 Å². The van der Waals surface area contributed by atoms with Gasteiger partial charge in [0.1, 0.15) is 0 Å². The van der Waals surface area contributed by atoms with Crippen LogP contribution in [-0.2, 0) is 4.74 Å². The number of benzene rings is 1. The summed E-state index contributed by atoms with van der Waals surface area (Å²) in [6, 6.07) is 6.00. The number of unbranched alkanes of at least 4 members (excludes halogenated alkanes) is 1. The number of rotatable bonds is 6. The highest BCUT2D eigenvalue weighted by Gasteiger charge is 2.21. The van der Waals surface area contributed by atoms with E-state index >= 15 is 0 Å². The van der Waals surface area contributed by atoms with E-state index in [4.69, 9.17) is 14.2 Å². The third kappa shape index (κ3) is 3.18. The summed E-state index contributed by atoms with van der Waals surface area (Å²) < 4.78 is 16.7. The minimum absolute atomic E-state index is 0.0473. The molecule has 0 N–H and O–H groups in total. The zero-order chi connectivity index (χ0) is 13.0. The van der Waals surface area contributed by atoms with Crippen LogP contribution in [0.4, 0.5) is 0 Å². The quantitative estimate of drug-likeness (QED) is 0.585. The number of ether oxygens (including phenoxy) is 3. The van der Waals surface area contributed by atoms with E-state index in [1.165, 1.54) is 0 Å². The van der Waals surface area contributed by atoms with E-state index in [-0.39, 0.29) is 10.9 Å². The first-order valence-electron chi connectivity index (χ1n) is 6.37. The first kappa shape index (κ1) is 13.7. The maximum Gasteiger partial charge on any atom is 0.231 e. The van der Waals surface area contributed by atoms with Crippen LogP contribution in [0.3, 0.4) is 0 Å². The molecule has 0 unspecified atom stereocenters. The summed E-state index contributed by atoms with van der Waals surface area (Å²) in [5, 5.41) is 0. The smallest absolute Gasteiger partial charge is 0.231 e. The molecule has 100 valence electrons. The lowest BCUT2D eigenvalue weighted by Crippen LogP contribution is -2.14. The third-order valence-corrected chi connectivity index (χ3v) is 3.42. The van der Waals surface area contributed by atoms with Gasteiger partial charge in [-0.25, -0.2) is 0 Å². The topological polar surface area (TPSA) is 27.7 Å². The number of halogens is 1. The second kappa shape index (κ2) is 6.43. The van der Waals surface area contributed by atoms with Crippen molar-refractivity contribution >= 4 is 15.9 Å². The lowest BCUT2D eigenvalue weighted by molar-refractivity contribution is 0.0530. The van der Waals surface area contributed by atoms with Gasteiger partial charge < -0.3 is 14.2 Å². The molecule has 2 atom stereocenters. The molecular formula is C14H19BrO3. The van der Waals surface area contributed by atoms with Crippen LogP contribution in [0.1, 0.15) is 38.4 Å². The third-order valence-electron chi connectivity index (χ3n) is 2.94. The molecule has 2 rings (SSSR count). The van der Waals surface area contributed by atoms with Gasteiger partial charge >= 0.3 is 0 Å². The Hall–Kier alpha value is -0.740. The summed E-state index contributed by atoms with van der Waals surface area (Å²) in [5.74, 6) is 1.62. The zero-order valence-corrected chi connectivity index (χ0v) is 12.4. The maximum absolute atomic E-state index is 5.95. The monoisotopic (exact) mass is 314 g/mol. The van der Waals surface area contributed by atoms with Crippen molar-refractivity contribution in [2.24, 2.45) is 0 Å². The first-order chi connectivity index (χ1) is 8.72. The van der Waals surface area contributed by atoms with Crippen molar-refractivity contribution in [2.45, 2.75) is 37.6 Å². The Morgan fingerprint density at radius 3 is 2.83 bits per heavy atom. The molecule has 3 nitrogen and oxygen atoms in total. The van der Waals surface area contributed by atoms with Crippen LogP contribution < -0.4 is 9.47 Å². The van der Waals surface area contributed by atoms with Gasteiger partial charge in [0.05, 0.1) is 6.10 Å². The number of hydrogen-bond acceptors (Lipinski definition) is 3. The van der Waals surface area contributed by atoms with Crippen molar-refractivity contribution in [2.75, 3.05) is 13.4 Å². The molecule has 0 saturated carbocycles. The molecule has 0 saturated heterocycles. The van der Waals surface area contributed by atoms with Crippen LogP contribution in [0.25, 0.3) is 0 Å². The molecule has 1 heterocycles. The van der Waals surface area contributed by atoms with Gasteiger partial charge in [0.2, 0.25) is 6.79 Å². The van der Waals surface area contributed by atoms with Crippen molar-refractivity contribution in [1.82, 2.24) is 0 Å². The Bertz CT molecular complexity index is 393. The van der Waals surface area contributed by atoms with Crippen LogP contribution in [-0.4, -0.2) is 18.2 Å². The molecular weight excluding hydrogens is 296 g/mol. The second-order valence-electron chi connectivity index (χ2n) is 4.44. The Morgan fingerprint density at radius 1 is 1.33 bits per heavy atom. The first-order valence-corrected chi connectivity index (χ1v) is 7.29. The molecule has 1 aromatic carbocycles. The molecule has 0 aromatic heterocycles. The molecule has 0 fully saturated rings. The van der Waals surface area contributed by atoms with Crippen molar-refractivity contribution < 1.29 is 14.2 Å². The van der Waals surface area contributed by atoms with Crippen LogP contribution in [0.2, 0.25) is 0 Å². The molecule has 0 spiro atoms. The molecule has 1 aliphatic heterocycles. The van der Waals surface area contributed by atoms with Crippen molar-refractivity contribution in [1.29, 1.82) is 0 Å². The zero-order valence-electron chi connectivity index (χ0n) is 10.8. The normalized spacial score (nSPS) is 16.6. The Morgan fingerprint density at radius 2 is 2.11 bits per heavy atom. The molecule has 18 heavy (non-hydrogen) atoms. The predicted octanol–water partition coefficient (Wildman–Crippen LogP) is 4.06. The molecule has 1 aromatic rings. The fourth-order valence-corrected chi connectivity index (χ4v) is 2.40. The lowest BCUT2D eigenvalue weighted by atomic mass is 10.1. The Balaban J connectivity index is 2.10. The van der Waals surface area contributed by atoms with E-state index in [9.17, 15) is 0 Å². The van der Waals surface area contributed by atoms with Crippen molar-refractivity contribution in [3.63, 3.8) is 0 Å². The highest BCUT2D eigenvalue weighted by Crippen LogP contribution is 2.36. The predicted molar refractivity (Wildman–Crippen MR) is 74.6 cm³/mol. The number of fused-ring (bicyclic) bond motifs is 1. The molecule has 0 radical (unpaired) electrons. The number of hydrogen-bond donors (Lipinski definition) is 0. The van der Waals surface area contributed by atoms with Crippen LogP contribution in [0.15, 0.2) is 18.2 Å². The molecule has 4 heteroatoms. The summed E-state index contributed by atoms with van der Waals surface area (Å²) in [6.07, 6.45) is 2.27. The van der Waals surface area contributed by atoms with E-state index in [2.05, 4.69) is 29.8 Å². The Kier molecular flexibility index (Phi) is 4.89. The molecule has 0 aliphatic carbocycles. The van der Waals surface area contributed by atoms with Crippen molar-refractivity contribution in [3.8, 4) is 11.5 Å². The highest BCUT2D eigenvalue weighted by atomic mass is 79.9. The minimum atomic E-state index is 0.0473. The van der Waals surface area contributed by atoms with Crippen LogP contribution in [0.5, 0.6) is 11.5 Å². The van der Waals surface area contributed by atoms with Gasteiger partial charge in [-0.1, -0.05) is 35.3 Å². The van der Waals surface area contributed by atoms with Gasteiger partial charge in [-0.2, -0.15) is 0 Å². The molecule has 0 amide bonds. The van der Waals surface area contributed by atoms with Gasteiger partial charge in [-0.15, -0.1) is 0 Å². The SMILES string of the molecule is CCCCO[C@@H](c1ccc2c(c1)OCO2)[C@@H](C)Br. The van der Waals surface area contributed by atoms with Gasteiger partial charge in [-0.3, -0.25) is 0 Å². The van der Waals surface area contributed by atoms with E-state index in [0.29, 0.717) is 6.79 Å². The van der Waals surface area contributed by atoms with Crippen LogP contribution in [0, 0.1) is 0 Å². The molecule has 0 bridgehead atoms. The van der Waals surface area contributed by atoms with E-state index in [0.717, 1.165) is 36.5 Å². The van der Waals surface area contributed by atoms with Gasteiger partial charge in [0.25, 0.3) is 0 Å². The van der Waals surface area contributed by atoms with Crippen LogP contribution >= 0.6 is 15.9 Å². The Labute approximate surface area is 117 Å². The fraction of sp³-hybridized carbons (Fsp3) is 0.571. The standard InChI is InChI=1S/C14H19BrO3/c1-3-4-7-16-14(10(2)15)11-5-6-12-13(8-11)18-9-17-12/h5-6,8,10,14H,3-4,7,9H2,1-2H3/t10-,14-/m1/s1. The summed E-state index contributed by atoms with van der Waals surface area (Å²) in [5.41, 5.74) is 1.12. The lowest BCUT2D eigenvalue weighted by Gasteiger charge is -2.21. The maximum atomic E-state index is 5.95. The average Bonchev–Trinajstić information content (AvgIpc) is 2.81. The fourth-order valence-electron chi connectivity index (χ4n) is 1.94. The largest absolute Gasteiger partial charge is 0.454 e. The van der Waals surface area contributed by atoms with Gasteiger partial charge in [0, 0.05) is 11.4 Å². The van der Waals surface area contributed by atoms with Crippen molar-refractivity contribution in [3.05, 3.63) is 23.8 Å². The van der Waals surface area contributed by atoms with E-state index in [1.54, 1.807) is 0 Å². The average molecular weight is 315 g/mol. The summed E-state index contributed by atoms with van der Waals surface area (Å²) in [4.78, 5) is 0.259.